The molecule has 5 nitrogen and oxygen atoms in total. The van der Waals surface area contributed by atoms with Crippen LogP contribution in [0.3, 0.4) is 0 Å². The molecule has 0 bridgehead atoms. The van der Waals surface area contributed by atoms with Crippen LogP contribution in [0.1, 0.15) is 11.3 Å². The summed E-state index contributed by atoms with van der Waals surface area (Å²) < 4.78 is 13.0. The summed E-state index contributed by atoms with van der Waals surface area (Å²) in [5, 5.41) is 21.2. The van der Waals surface area contributed by atoms with E-state index in [9.17, 15) is 4.39 Å². The van der Waals surface area contributed by atoms with Crippen LogP contribution in [0.4, 0.5) is 4.39 Å². The van der Waals surface area contributed by atoms with E-state index in [1.54, 1.807) is 16.9 Å². The molecule has 3 aromatic rings. The van der Waals surface area contributed by atoms with Gasteiger partial charge in [0.1, 0.15) is 17.2 Å². The number of benzene rings is 2. The molecule has 0 saturated carbocycles. The maximum Gasteiger partial charge on any atom is 0.123 e. The lowest BCUT2D eigenvalue weighted by Crippen LogP contribution is -2.18. The number of aliphatic hydroxyl groups excluding tert-OH is 1. The first kappa shape index (κ1) is 16.3. The topological polar surface area (TPSA) is 63.0 Å². The average Bonchev–Trinajstić information content (AvgIpc) is 3.01. The zero-order valence-corrected chi connectivity index (χ0v) is 13.2. The molecule has 1 heterocycles. The first-order valence-corrected chi connectivity index (χ1v) is 7.81. The molecule has 0 radical (unpaired) electrons. The molecule has 0 aliphatic carbocycles. The van der Waals surface area contributed by atoms with Gasteiger partial charge in [-0.2, -0.15) is 15.0 Å². The van der Waals surface area contributed by atoms with Crippen molar-refractivity contribution in [3.05, 3.63) is 71.7 Å². The van der Waals surface area contributed by atoms with Crippen LogP contribution in [-0.4, -0.2) is 33.3 Å². The highest BCUT2D eigenvalue weighted by Crippen LogP contribution is 2.20. The van der Waals surface area contributed by atoms with Gasteiger partial charge in [-0.05, 0) is 17.7 Å². The molecule has 0 atom stereocenters. The highest BCUT2D eigenvalue weighted by molar-refractivity contribution is 5.60. The number of aliphatic hydroxyl groups is 1. The van der Waals surface area contributed by atoms with E-state index in [0.717, 1.165) is 22.5 Å². The van der Waals surface area contributed by atoms with Crippen molar-refractivity contribution in [1.29, 1.82) is 0 Å². The summed E-state index contributed by atoms with van der Waals surface area (Å²) in [6, 6.07) is 16.2. The molecule has 0 spiro atoms. The lowest BCUT2D eigenvalue weighted by molar-refractivity contribution is 0.291. The standard InChI is InChI=1S/C18H19FN4O/c19-16-8-6-14(7-9-16)13-23-21-17(12-20-10-11-24)18(22-23)15-4-2-1-3-5-15/h1-9,20,24H,10-13H2. The number of nitrogens with one attached hydrogen (secondary N) is 1. The Morgan fingerprint density at radius 3 is 2.46 bits per heavy atom. The number of rotatable bonds is 7. The summed E-state index contributed by atoms with van der Waals surface area (Å²) in [6.45, 7) is 1.57. The first-order chi connectivity index (χ1) is 11.8. The Kier molecular flexibility index (Phi) is 5.30. The summed E-state index contributed by atoms with van der Waals surface area (Å²) in [7, 11) is 0. The molecule has 0 aliphatic heterocycles. The first-order valence-electron chi connectivity index (χ1n) is 7.81. The van der Waals surface area contributed by atoms with E-state index in [0.29, 0.717) is 19.6 Å². The molecule has 0 amide bonds. The SMILES string of the molecule is OCCNCc1nn(Cc2ccc(F)cc2)nc1-c1ccccc1. The maximum absolute atomic E-state index is 13.0. The van der Waals surface area contributed by atoms with Crippen LogP contribution < -0.4 is 5.32 Å². The van der Waals surface area contributed by atoms with Crippen molar-refractivity contribution in [3.63, 3.8) is 0 Å². The van der Waals surface area contributed by atoms with E-state index in [2.05, 4.69) is 15.5 Å². The zero-order valence-electron chi connectivity index (χ0n) is 13.2. The van der Waals surface area contributed by atoms with Crippen molar-refractivity contribution in [2.24, 2.45) is 0 Å². The van der Waals surface area contributed by atoms with Crippen molar-refractivity contribution >= 4 is 0 Å². The molecule has 0 fully saturated rings. The van der Waals surface area contributed by atoms with Gasteiger partial charge in [-0.1, -0.05) is 42.5 Å². The number of hydrogen-bond donors (Lipinski definition) is 2. The molecular weight excluding hydrogens is 307 g/mol. The van der Waals surface area contributed by atoms with Gasteiger partial charge in [-0.25, -0.2) is 4.39 Å². The van der Waals surface area contributed by atoms with E-state index < -0.39 is 0 Å². The Hall–Kier alpha value is -2.57. The predicted octanol–water partition coefficient (Wildman–Crippen LogP) is 2.21. The second-order valence-corrected chi connectivity index (χ2v) is 5.42. The van der Waals surface area contributed by atoms with Crippen LogP contribution in [0.15, 0.2) is 54.6 Å². The fourth-order valence-corrected chi connectivity index (χ4v) is 2.43. The largest absolute Gasteiger partial charge is 0.395 e. The number of halogens is 1. The molecule has 2 aromatic carbocycles. The second kappa shape index (κ2) is 7.81. The van der Waals surface area contributed by atoms with Gasteiger partial charge in [0.05, 0.1) is 13.2 Å². The van der Waals surface area contributed by atoms with Crippen molar-refractivity contribution in [2.45, 2.75) is 13.1 Å². The fraction of sp³-hybridized carbons (Fsp3) is 0.222. The van der Waals surface area contributed by atoms with Crippen LogP contribution >= 0.6 is 0 Å². The molecule has 0 aliphatic rings. The quantitative estimate of drug-likeness (QED) is 0.654. The number of aromatic nitrogens is 3. The Morgan fingerprint density at radius 2 is 1.75 bits per heavy atom. The Balaban J connectivity index is 1.86. The summed E-state index contributed by atoms with van der Waals surface area (Å²) in [5.41, 5.74) is 3.55. The minimum Gasteiger partial charge on any atom is -0.395 e. The van der Waals surface area contributed by atoms with Gasteiger partial charge in [0, 0.05) is 18.7 Å². The highest BCUT2D eigenvalue weighted by atomic mass is 19.1. The second-order valence-electron chi connectivity index (χ2n) is 5.42. The maximum atomic E-state index is 13.0. The van der Waals surface area contributed by atoms with Gasteiger partial charge in [0.2, 0.25) is 0 Å². The molecule has 0 saturated heterocycles. The van der Waals surface area contributed by atoms with E-state index >= 15 is 0 Å². The summed E-state index contributed by atoms with van der Waals surface area (Å²) >= 11 is 0. The highest BCUT2D eigenvalue weighted by Gasteiger charge is 2.13. The number of nitrogens with zero attached hydrogens (tertiary/aromatic N) is 3. The van der Waals surface area contributed by atoms with Crippen molar-refractivity contribution in [3.8, 4) is 11.3 Å². The van der Waals surface area contributed by atoms with Crippen molar-refractivity contribution in [2.75, 3.05) is 13.2 Å². The third-order valence-corrected chi connectivity index (χ3v) is 3.59. The normalized spacial score (nSPS) is 10.9. The van der Waals surface area contributed by atoms with E-state index in [4.69, 9.17) is 5.11 Å². The van der Waals surface area contributed by atoms with Crippen LogP contribution in [0.5, 0.6) is 0 Å². The van der Waals surface area contributed by atoms with Gasteiger partial charge in [0.25, 0.3) is 0 Å². The van der Waals surface area contributed by atoms with E-state index in [-0.39, 0.29) is 12.4 Å². The van der Waals surface area contributed by atoms with Crippen molar-refractivity contribution < 1.29 is 9.50 Å². The minimum absolute atomic E-state index is 0.0738. The van der Waals surface area contributed by atoms with Gasteiger partial charge >= 0.3 is 0 Å². The summed E-state index contributed by atoms with van der Waals surface area (Å²) in [5.74, 6) is -0.258. The van der Waals surface area contributed by atoms with Crippen LogP contribution in [0, 0.1) is 5.82 Å². The molecule has 6 heteroatoms. The molecule has 24 heavy (non-hydrogen) atoms. The smallest absolute Gasteiger partial charge is 0.123 e. The fourth-order valence-electron chi connectivity index (χ4n) is 2.43. The zero-order chi connectivity index (χ0) is 16.8. The number of hydrogen-bond acceptors (Lipinski definition) is 4. The molecule has 124 valence electrons. The molecule has 2 N–H and O–H groups in total. The third kappa shape index (κ3) is 4.04. The summed E-state index contributed by atoms with van der Waals surface area (Å²) in [4.78, 5) is 1.62. The Morgan fingerprint density at radius 1 is 1.00 bits per heavy atom. The lowest BCUT2D eigenvalue weighted by Gasteiger charge is -2.01. The van der Waals surface area contributed by atoms with E-state index in [1.165, 1.54) is 12.1 Å². The van der Waals surface area contributed by atoms with Gasteiger partial charge in [0.15, 0.2) is 0 Å². The van der Waals surface area contributed by atoms with Crippen LogP contribution in [-0.2, 0) is 13.1 Å². The Labute approximate surface area is 139 Å². The molecule has 1 aromatic heterocycles. The summed E-state index contributed by atoms with van der Waals surface area (Å²) in [6.07, 6.45) is 0. The van der Waals surface area contributed by atoms with Gasteiger partial charge in [-0.3, -0.25) is 0 Å². The van der Waals surface area contributed by atoms with Crippen LogP contribution in [0.2, 0.25) is 0 Å². The predicted molar refractivity (Wildman–Crippen MR) is 89.8 cm³/mol. The molecular formula is C18H19FN4O. The van der Waals surface area contributed by atoms with Crippen molar-refractivity contribution in [1.82, 2.24) is 20.3 Å². The van der Waals surface area contributed by atoms with E-state index in [1.807, 2.05) is 30.3 Å². The van der Waals surface area contributed by atoms with Crippen LogP contribution in [0.25, 0.3) is 11.3 Å². The lowest BCUT2D eigenvalue weighted by atomic mass is 10.1. The Bertz CT molecular complexity index is 771. The monoisotopic (exact) mass is 326 g/mol. The molecule has 3 rings (SSSR count). The van der Waals surface area contributed by atoms with Gasteiger partial charge in [-0.15, -0.1) is 0 Å². The minimum atomic E-state index is -0.258. The average molecular weight is 326 g/mol. The third-order valence-electron chi connectivity index (χ3n) is 3.59. The molecule has 0 unspecified atom stereocenters. The van der Waals surface area contributed by atoms with Gasteiger partial charge < -0.3 is 10.4 Å².